The Morgan fingerprint density at radius 3 is 2.40 bits per heavy atom. The summed E-state index contributed by atoms with van der Waals surface area (Å²) >= 11 is 3.48. The molecule has 0 unspecified atom stereocenters. The fourth-order valence-corrected chi connectivity index (χ4v) is 3.10. The van der Waals surface area contributed by atoms with Gasteiger partial charge in [0.1, 0.15) is 30.6 Å². The topological polar surface area (TPSA) is 77.8 Å². The molecule has 0 amide bonds. The first-order valence-electron chi connectivity index (χ1n) is 9.56. The standard InChI is InChI=1S/C23H24BrNO5/c1-4-27-21-14-17(12-18(15-25)23(26)28-5-2)13-20(24)22(21)30-11-10-29-19-8-6-16(3)7-9-19/h6-9,12-14H,4-5,10-11H2,1-3H3. The van der Waals surface area contributed by atoms with Crippen molar-refractivity contribution in [3.63, 3.8) is 0 Å². The molecular formula is C23H24BrNO5. The number of halogens is 1. The van der Waals surface area contributed by atoms with Crippen LogP contribution in [-0.2, 0) is 9.53 Å². The number of rotatable bonds is 10. The van der Waals surface area contributed by atoms with E-state index in [0.717, 1.165) is 5.75 Å². The van der Waals surface area contributed by atoms with Crippen LogP contribution in [0.3, 0.4) is 0 Å². The van der Waals surface area contributed by atoms with Crippen molar-refractivity contribution < 1.29 is 23.7 Å². The Hall–Kier alpha value is -2.98. The molecule has 7 heteroatoms. The number of ether oxygens (including phenoxy) is 4. The van der Waals surface area contributed by atoms with Crippen molar-refractivity contribution in [1.82, 2.24) is 0 Å². The summed E-state index contributed by atoms with van der Waals surface area (Å²) in [5.74, 6) is 1.13. The van der Waals surface area contributed by atoms with Crippen molar-refractivity contribution in [3.05, 3.63) is 57.6 Å². The predicted molar refractivity (Wildman–Crippen MR) is 118 cm³/mol. The minimum absolute atomic E-state index is 0.0913. The lowest BCUT2D eigenvalue weighted by Crippen LogP contribution is -2.10. The normalized spacial score (nSPS) is 10.8. The van der Waals surface area contributed by atoms with E-state index in [0.29, 0.717) is 41.4 Å². The lowest BCUT2D eigenvalue weighted by molar-refractivity contribution is -0.137. The SMILES string of the molecule is CCOC(=O)C(C#N)=Cc1cc(Br)c(OCCOc2ccc(C)cc2)c(OCC)c1. The molecule has 0 saturated heterocycles. The summed E-state index contributed by atoms with van der Waals surface area (Å²) in [6.45, 7) is 6.87. The fourth-order valence-electron chi connectivity index (χ4n) is 2.52. The number of nitrogens with zero attached hydrogens (tertiary/aromatic N) is 1. The summed E-state index contributed by atoms with van der Waals surface area (Å²) in [4.78, 5) is 11.9. The van der Waals surface area contributed by atoms with Gasteiger partial charge in [0.2, 0.25) is 0 Å². The van der Waals surface area contributed by atoms with Crippen molar-refractivity contribution in [2.75, 3.05) is 26.4 Å². The maximum Gasteiger partial charge on any atom is 0.348 e. The number of aryl methyl sites for hydroxylation is 1. The zero-order chi connectivity index (χ0) is 21.9. The molecule has 0 radical (unpaired) electrons. The van der Waals surface area contributed by atoms with Crippen LogP contribution in [0.4, 0.5) is 0 Å². The van der Waals surface area contributed by atoms with Gasteiger partial charge in [-0.15, -0.1) is 0 Å². The van der Waals surface area contributed by atoms with E-state index in [2.05, 4.69) is 15.9 Å². The highest BCUT2D eigenvalue weighted by Crippen LogP contribution is 2.37. The third-order valence-corrected chi connectivity index (χ3v) is 4.47. The van der Waals surface area contributed by atoms with Crippen molar-refractivity contribution in [2.45, 2.75) is 20.8 Å². The number of benzene rings is 2. The molecule has 0 aromatic heterocycles. The van der Waals surface area contributed by atoms with Crippen LogP contribution in [0, 0.1) is 18.3 Å². The second-order valence-corrected chi connectivity index (χ2v) is 7.02. The summed E-state index contributed by atoms with van der Waals surface area (Å²) in [6.07, 6.45) is 1.45. The van der Waals surface area contributed by atoms with Gasteiger partial charge >= 0.3 is 5.97 Å². The number of carbonyl (C=O) groups excluding carboxylic acids is 1. The Balaban J connectivity index is 2.12. The van der Waals surface area contributed by atoms with Gasteiger partial charge < -0.3 is 18.9 Å². The number of hydrogen-bond donors (Lipinski definition) is 0. The first-order chi connectivity index (χ1) is 14.5. The van der Waals surface area contributed by atoms with E-state index in [1.54, 1.807) is 19.1 Å². The maximum absolute atomic E-state index is 11.9. The summed E-state index contributed by atoms with van der Waals surface area (Å²) < 4.78 is 22.8. The molecule has 30 heavy (non-hydrogen) atoms. The molecule has 6 nitrogen and oxygen atoms in total. The Kier molecular flexibility index (Phi) is 9.23. The van der Waals surface area contributed by atoms with Crippen LogP contribution in [0.15, 0.2) is 46.4 Å². The van der Waals surface area contributed by atoms with Gasteiger partial charge in [0.05, 0.1) is 17.7 Å². The molecule has 158 valence electrons. The van der Waals surface area contributed by atoms with E-state index in [-0.39, 0.29) is 12.2 Å². The predicted octanol–water partition coefficient (Wildman–Crippen LogP) is 5.08. The van der Waals surface area contributed by atoms with Crippen LogP contribution in [0.25, 0.3) is 6.08 Å². The molecule has 0 spiro atoms. The maximum atomic E-state index is 11.9. The lowest BCUT2D eigenvalue weighted by atomic mass is 10.1. The highest BCUT2D eigenvalue weighted by atomic mass is 79.9. The average molecular weight is 474 g/mol. The Labute approximate surface area is 185 Å². The van der Waals surface area contributed by atoms with Crippen LogP contribution in [0.5, 0.6) is 17.2 Å². The van der Waals surface area contributed by atoms with Crippen molar-refractivity contribution in [1.29, 1.82) is 5.26 Å². The Morgan fingerprint density at radius 2 is 1.77 bits per heavy atom. The van der Waals surface area contributed by atoms with Gasteiger partial charge in [-0.3, -0.25) is 0 Å². The van der Waals surface area contributed by atoms with Gasteiger partial charge in [-0.2, -0.15) is 5.26 Å². The van der Waals surface area contributed by atoms with Crippen molar-refractivity contribution >= 4 is 28.0 Å². The molecule has 2 rings (SSSR count). The van der Waals surface area contributed by atoms with Gasteiger partial charge in [0, 0.05) is 0 Å². The Morgan fingerprint density at radius 1 is 1.07 bits per heavy atom. The second-order valence-electron chi connectivity index (χ2n) is 6.16. The average Bonchev–Trinajstić information content (AvgIpc) is 2.72. The molecule has 0 N–H and O–H groups in total. The van der Waals surface area contributed by atoms with Crippen LogP contribution < -0.4 is 14.2 Å². The van der Waals surface area contributed by atoms with Gasteiger partial charge in [-0.1, -0.05) is 17.7 Å². The number of nitriles is 1. The Bertz CT molecular complexity index is 932. The minimum Gasteiger partial charge on any atom is -0.490 e. The second kappa shape index (κ2) is 11.9. The van der Waals surface area contributed by atoms with Gasteiger partial charge in [-0.05, 0) is 72.6 Å². The van der Waals surface area contributed by atoms with Crippen molar-refractivity contribution in [3.8, 4) is 23.3 Å². The molecule has 0 aliphatic rings. The molecule has 2 aromatic carbocycles. The first-order valence-corrected chi connectivity index (χ1v) is 10.3. The van der Waals surface area contributed by atoms with E-state index in [1.165, 1.54) is 11.6 Å². The summed E-state index contributed by atoms with van der Waals surface area (Å²) in [5, 5.41) is 9.23. The van der Waals surface area contributed by atoms with Gasteiger partial charge in [0.25, 0.3) is 0 Å². The van der Waals surface area contributed by atoms with E-state index in [4.69, 9.17) is 18.9 Å². The van der Waals surface area contributed by atoms with E-state index < -0.39 is 5.97 Å². The largest absolute Gasteiger partial charge is 0.490 e. The zero-order valence-electron chi connectivity index (χ0n) is 17.2. The highest BCUT2D eigenvalue weighted by Gasteiger charge is 2.15. The molecule has 0 fully saturated rings. The van der Waals surface area contributed by atoms with E-state index >= 15 is 0 Å². The molecule has 0 atom stereocenters. The van der Waals surface area contributed by atoms with Crippen LogP contribution in [-0.4, -0.2) is 32.4 Å². The monoisotopic (exact) mass is 473 g/mol. The van der Waals surface area contributed by atoms with Gasteiger partial charge in [-0.25, -0.2) is 4.79 Å². The molecule has 0 aliphatic carbocycles. The first kappa shape index (κ1) is 23.3. The quantitative estimate of drug-likeness (QED) is 0.207. The summed E-state index contributed by atoms with van der Waals surface area (Å²) in [7, 11) is 0. The third-order valence-electron chi connectivity index (χ3n) is 3.88. The molecule has 0 bridgehead atoms. The number of hydrogen-bond acceptors (Lipinski definition) is 6. The lowest BCUT2D eigenvalue weighted by Gasteiger charge is -2.15. The molecule has 0 heterocycles. The fraction of sp³-hybridized carbons (Fsp3) is 0.304. The zero-order valence-corrected chi connectivity index (χ0v) is 18.8. The molecule has 0 aliphatic heterocycles. The number of carbonyl (C=O) groups is 1. The van der Waals surface area contributed by atoms with E-state index in [1.807, 2.05) is 44.2 Å². The van der Waals surface area contributed by atoms with Crippen molar-refractivity contribution in [2.24, 2.45) is 0 Å². The smallest absolute Gasteiger partial charge is 0.348 e. The van der Waals surface area contributed by atoms with Crippen LogP contribution in [0.2, 0.25) is 0 Å². The number of esters is 1. The summed E-state index contributed by atoms with van der Waals surface area (Å²) in [5.41, 5.74) is 1.69. The highest BCUT2D eigenvalue weighted by molar-refractivity contribution is 9.10. The molecule has 2 aromatic rings. The van der Waals surface area contributed by atoms with Crippen LogP contribution >= 0.6 is 15.9 Å². The van der Waals surface area contributed by atoms with E-state index in [9.17, 15) is 10.1 Å². The van der Waals surface area contributed by atoms with Crippen LogP contribution in [0.1, 0.15) is 25.0 Å². The summed E-state index contributed by atoms with van der Waals surface area (Å²) in [6, 6.07) is 13.1. The third kappa shape index (κ3) is 6.82. The van der Waals surface area contributed by atoms with Gasteiger partial charge in [0.15, 0.2) is 11.5 Å². The molecular weight excluding hydrogens is 450 g/mol. The molecule has 0 saturated carbocycles. The minimum atomic E-state index is -0.664.